The molecular weight excluding hydrogens is 262 g/mol. The number of hydrogen-bond acceptors (Lipinski definition) is 2. The van der Waals surface area contributed by atoms with Gasteiger partial charge in [0.1, 0.15) is 0 Å². The van der Waals surface area contributed by atoms with E-state index in [1.165, 1.54) is 12.5 Å². The van der Waals surface area contributed by atoms with Crippen LogP contribution in [0.2, 0.25) is 0 Å². The predicted molar refractivity (Wildman–Crippen MR) is 75.9 cm³/mol. The van der Waals surface area contributed by atoms with Crippen LogP contribution in [0.25, 0.3) is 0 Å². The Morgan fingerprint density at radius 1 is 1.35 bits per heavy atom. The van der Waals surface area contributed by atoms with Gasteiger partial charge >= 0.3 is 0 Å². The monoisotopic (exact) mass is 288 g/mol. The second kappa shape index (κ2) is 7.75. The van der Waals surface area contributed by atoms with E-state index in [4.69, 9.17) is 0 Å². The summed E-state index contributed by atoms with van der Waals surface area (Å²) >= 11 is 0. The molecule has 0 aromatic carbocycles. The number of rotatable bonds is 7. The molecule has 0 radical (unpaired) electrons. The Bertz CT molecular complexity index is 339. The van der Waals surface area contributed by atoms with E-state index in [1.54, 1.807) is 6.92 Å². The Hall–Kier alpha value is -0.930. The molecule has 1 saturated carbocycles. The molecule has 0 amide bonds. The van der Waals surface area contributed by atoms with E-state index < -0.39 is 18.3 Å². The second-order valence-electron chi connectivity index (χ2n) is 6.12. The molecule has 0 bridgehead atoms. The number of carbonyl (C=O) groups excluding carboxylic acids is 1. The summed E-state index contributed by atoms with van der Waals surface area (Å²) in [6, 6.07) is 0. The Kier molecular flexibility index (Phi) is 6.63. The Labute approximate surface area is 120 Å². The Balaban J connectivity index is 2.53. The highest BCUT2D eigenvalue weighted by Gasteiger charge is 2.28. The number of alkyl halides is 2. The van der Waals surface area contributed by atoms with Gasteiger partial charge in [-0.2, -0.15) is 0 Å². The summed E-state index contributed by atoms with van der Waals surface area (Å²) in [5, 5.41) is 9.88. The van der Waals surface area contributed by atoms with Crippen LogP contribution in [0.4, 0.5) is 8.78 Å². The zero-order valence-corrected chi connectivity index (χ0v) is 12.5. The second-order valence-corrected chi connectivity index (χ2v) is 6.12. The molecule has 1 atom stereocenters. The number of hydrogen-bond donors (Lipinski definition) is 1. The van der Waals surface area contributed by atoms with Gasteiger partial charge < -0.3 is 5.11 Å². The van der Waals surface area contributed by atoms with Crippen molar-refractivity contribution in [2.45, 2.75) is 71.1 Å². The van der Waals surface area contributed by atoms with Gasteiger partial charge in [0.05, 0.1) is 5.76 Å². The van der Waals surface area contributed by atoms with Crippen molar-refractivity contribution in [3.8, 4) is 0 Å². The van der Waals surface area contributed by atoms with Gasteiger partial charge in [0.25, 0.3) is 0 Å². The predicted octanol–water partition coefficient (Wildman–Crippen LogP) is 5.04. The lowest BCUT2D eigenvalue weighted by Gasteiger charge is -2.21. The number of aliphatic hydroxyl groups excluding tert-OH is 1. The molecular formula is C16H26F2O2. The molecule has 0 aromatic heterocycles. The molecule has 0 aliphatic heterocycles. The zero-order valence-electron chi connectivity index (χ0n) is 12.5. The summed E-state index contributed by atoms with van der Waals surface area (Å²) in [5.74, 6) is -3.38. The summed E-state index contributed by atoms with van der Waals surface area (Å²) < 4.78 is 26.0. The van der Waals surface area contributed by atoms with Crippen LogP contribution in [0, 0.1) is 11.8 Å². The number of ketones is 1. The molecule has 1 aliphatic rings. The maximum atomic E-state index is 13.0. The maximum absolute atomic E-state index is 13.0. The van der Waals surface area contributed by atoms with Gasteiger partial charge in [-0.3, -0.25) is 4.79 Å². The molecule has 1 aliphatic carbocycles. The van der Waals surface area contributed by atoms with Crippen molar-refractivity contribution in [2.75, 3.05) is 0 Å². The highest BCUT2D eigenvalue weighted by atomic mass is 19.3. The lowest BCUT2D eigenvalue weighted by atomic mass is 9.85. The van der Waals surface area contributed by atoms with Crippen LogP contribution in [0.1, 0.15) is 65.2 Å². The van der Waals surface area contributed by atoms with Crippen molar-refractivity contribution in [3.63, 3.8) is 0 Å². The topological polar surface area (TPSA) is 37.3 Å². The first-order chi connectivity index (χ1) is 9.31. The van der Waals surface area contributed by atoms with Crippen LogP contribution >= 0.6 is 0 Å². The molecule has 1 fully saturated rings. The number of halogens is 2. The van der Waals surface area contributed by atoms with Crippen LogP contribution in [-0.2, 0) is 4.79 Å². The van der Waals surface area contributed by atoms with Gasteiger partial charge in [0.2, 0.25) is 5.92 Å². The third-order valence-corrected chi connectivity index (χ3v) is 4.04. The lowest BCUT2D eigenvalue weighted by Crippen LogP contribution is -2.18. The average Bonchev–Trinajstić information content (AvgIpc) is 2.35. The summed E-state index contributed by atoms with van der Waals surface area (Å²) in [7, 11) is 0. The zero-order chi connectivity index (χ0) is 15.2. The average molecular weight is 288 g/mol. The first-order valence-corrected chi connectivity index (χ1v) is 7.63. The standard InChI is InChI=1S/C16H26F2O2/c1-3-13(11-16(2,17)18)15(20)10-14(19)9-12-7-5-4-6-8-12/h10,12-13,20H,3-9,11H2,1-2H3/b15-10-. The van der Waals surface area contributed by atoms with Gasteiger partial charge in [-0.25, -0.2) is 8.78 Å². The minimum atomic E-state index is -2.82. The van der Waals surface area contributed by atoms with Crippen LogP contribution < -0.4 is 0 Å². The van der Waals surface area contributed by atoms with E-state index in [0.717, 1.165) is 32.6 Å². The molecule has 4 heteroatoms. The third-order valence-electron chi connectivity index (χ3n) is 4.04. The SMILES string of the molecule is CCC(CC(C)(F)F)/C(O)=C/C(=O)CC1CCCCC1. The van der Waals surface area contributed by atoms with Gasteiger partial charge in [-0.05, 0) is 19.3 Å². The molecule has 1 unspecified atom stereocenters. The van der Waals surface area contributed by atoms with E-state index in [1.807, 2.05) is 0 Å². The molecule has 0 aromatic rings. The molecule has 20 heavy (non-hydrogen) atoms. The highest BCUT2D eigenvalue weighted by molar-refractivity contribution is 5.90. The molecule has 1 N–H and O–H groups in total. The van der Waals surface area contributed by atoms with Crippen LogP contribution in [0.5, 0.6) is 0 Å². The minimum absolute atomic E-state index is 0.132. The van der Waals surface area contributed by atoms with Crippen molar-refractivity contribution < 1.29 is 18.7 Å². The molecule has 0 saturated heterocycles. The fourth-order valence-corrected chi connectivity index (χ4v) is 2.91. The molecule has 2 nitrogen and oxygen atoms in total. The number of carbonyl (C=O) groups is 1. The number of allylic oxidation sites excluding steroid dienone is 2. The van der Waals surface area contributed by atoms with Crippen LogP contribution in [-0.4, -0.2) is 16.8 Å². The molecule has 116 valence electrons. The van der Waals surface area contributed by atoms with Gasteiger partial charge in [-0.1, -0.05) is 39.0 Å². The molecule has 1 rings (SSSR count). The van der Waals surface area contributed by atoms with Crippen LogP contribution in [0.15, 0.2) is 11.8 Å². The third kappa shape index (κ3) is 6.49. The fourth-order valence-electron chi connectivity index (χ4n) is 2.91. The summed E-state index contributed by atoms with van der Waals surface area (Å²) in [4.78, 5) is 11.9. The van der Waals surface area contributed by atoms with E-state index in [2.05, 4.69) is 0 Å². The summed E-state index contributed by atoms with van der Waals surface area (Å²) in [5.41, 5.74) is 0. The maximum Gasteiger partial charge on any atom is 0.246 e. The van der Waals surface area contributed by atoms with Gasteiger partial charge in [0.15, 0.2) is 5.78 Å². The first kappa shape index (κ1) is 17.1. The van der Waals surface area contributed by atoms with E-state index in [0.29, 0.717) is 18.8 Å². The van der Waals surface area contributed by atoms with Crippen molar-refractivity contribution >= 4 is 5.78 Å². The first-order valence-electron chi connectivity index (χ1n) is 7.63. The minimum Gasteiger partial charge on any atom is -0.512 e. The van der Waals surface area contributed by atoms with Gasteiger partial charge in [-0.15, -0.1) is 0 Å². The van der Waals surface area contributed by atoms with Crippen molar-refractivity contribution in [3.05, 3.63) is 11.8 Å². The van der Waals surface area contributed by atoms with Crippen LogP contribution in [0.3, 0.4) is 0 Å². The lowest BCUT2D eigenvalue weighted by molar-refractivity contribution is -0.115. The van der Waals surface area contributed by atoms with Crippen molar-refractivity contribution in [2.24, 2.45) is 11.8 Å². The van der Waals surface area contributed by atoms with E-state index >= 15 is 0 Å². The van der Waals surface area contributed by atoms with E-state index in [-0.39, 0.29) is 11.5 Å². The van der Waals surface area contributed by atoms with Crippen molar-refractivity contribution in [1.29, 1.82) is 0 Å². The fraction of sp³-hybridized carbons (Fsp3) is 0.812. The molecule has 0 heterocycles. The smallest absolute Gasteiger partial charge is 0.246 e. The quantitative estimate of drug-likeness (QED) is 0.526. The summed E-state index contributed by atoms with van der Waals surface area (Å²) in [6.45, 7) is 2.58. The Morgan fingerprint density at radius 2 is 1.95 bits per heavy atom. The highest BCUT2D eigenvalue weighted by Crippen LogP contribution is 2.30. The molecule has 0 spiro atoms. The van der Waals surface area contributed by atoms with Crippen molar-refractivity contribution in [1.82, 2.24) is 0 Å². The largest absolute Gasteiger partial charge is 0.512 e. The summed E-state index contributed by atoms with van der Waals surface area (Å²) in [6.07, 6.45) is 7.27. The number of aliphatic hydroxyl groups is 1. The Morgan fingerprint density at radius 3 is 2.45 bits per heavy atom. The van der Waals surface area contributed by atoms with E-state index in [9.17, 15) is 18.7 Å². The van der Waals surface area contributed by atoms with Gasteiger partial charge in [0, 0.05) is 24.8 Å². The normalized spacial score (nSPS) is 19.9.